The number of halogens is 5. The van der Waals surface area contributed by atoms with Crippen molar-refractivity contribution < 1.29 is 37.2 Å². The van der Waals surface area contributed by atoms with Crippen LogP contribution in [0.15, 0.2) is 124 Å². The van der Waals surface area contributed by atoms with Gasteiger partial charge in [-0.15, -0.1) is 0 Å². The largest absolute Gasteiger partial charge is 0.508 e. The van der Waals surface area contributed by atoms with Gasteiger partial charge in [-0.1, -0.05) is 60.7 Å². The molecule has 12 heteroatoms. The van der Waals surface area contributed by atoms with Crippen LogP contribution in [-0.2, 0) is 22.7 Å². The molecular weight excluding hydrogens is 805 g/mol. The average Bonchev–Trinajstić information content (AvgIpc) is 3.16. The van der Waals surface area contributed by atoms with Crippen molar-refractivity contribution in [1.29, 1.82) is 0 Å². The van der Waals surface area contributed by atoms with Crippen molar-refractivity contribution in [3.63, 3.8) is 0 Å². The van der Waals surface area contributed by atoms with Crippen LogP contribution in [-0.4, -0.2) is 57.7 Å². The van der Waals surface area contributed by atoms with Gasteiger partial charge in [-0.05, 0) is 79.4 Å². The Morgan fingerprint density at radius 3 is 1.54 bits per heavy atom. The lowest BCUT2D eigenvalue weighted by Gasteiger charge is -2.29. The quantitative estimate of drug-likeness (QED) is 0.115. The van der Waals surface area contributed by atoms with Crippen molar-refractivity contribution >= 4 is 37.5 Å². The summed E-state index contributed by atoms with van der Waals surface area (Å²) in [6.45, 7) is 6.26. The lowest BCUT2D eigenvalue weighted by molar-refractivity contribution is 0.0888. The fraction of sp³-hybridized carbons (Fsp3) is 0.250. The molecule has 276 valence electrons. The molecule has 1 aliphatic heterocycles. The van der Waals surface area contributed by atoms with E-state index in [1.807, 2.05) is 66.7 Å². The molecular formula is C40H41Br2F3N2O5. The molecule has 0 unspecified atom stereocenters. The summed E-state index contributed by atoms with van der Waals surface area (Å²) in [6.07, 6.45) is 0. The normalized spacial score (nSPS) is 12.2. The Kier molecular flexibility index (Phi) is 17.8. The van der Waals surface area contributed by atoms with Crippen LogP contribution in [0.3, 0.4) is 0 Å². The fourth-order valence-corrected chi connectivity index (χ4v) is 5.25. The highest BCUT2D eigenvalue weighted by Gasteiger charge is 2.15. The topological polar surface area (TPSA) is 72.4 Å². The third-order valence-corrected chi connectivity index (χ3v) is 8.67. The summed E-state index contributed by atoms with van der Waals surface area (Å²) >= 11 is 6.04. The minimum atomic E-state index is -0.449. The van der Waals surface area contributed by atoms with E-state index in [0.717, 1.165) is 43.4 Å². The molecule has 1 aliphatic rings. The maximum absolute atomic E-state index is 14.3. The molecule has 0 saturated carbocycles. The first-order valence-corrected chi connectivity index (χ1v) is 18.2. The number of hydrogen-bond donors (Lipinski definition) is 2. The summed E-state index contributed by atoms with van der Waals surface area (Å²) in [5.74, 6) is -0.0354. The number of ether oxygens (including phenoxy) is 4. The Balaban J connectivity index is 0.000000192. The standard InChI is InChI=1S/C19H23FN2O2.C15H14BrFO2.C6H4BrFO/c20-18-14-17(6-7-19(18)22-10-8-21-9-11-22)24-13-12-23-15-16-4-2-1-3-5-16;16-14-7-6-13(10-15(14)17)19-9-8-18-11-12-4-2-1-3-5-12;7-5-2-1-4(9)3-6(5)8/h1-7,14,21H,8-13,15H2;1-7,10H,8-9,11H2;1-3,9H. The number of benzene rings is 5. The first-order valence-electron chi connectivity index (χ1n) is 16.6. The monoisotopic (exact) mass is 844 g/mol. The second-order valence-corrected chi connectivity index (χ2v) is 13.0. The number of phenols is 1. The molecule has 0 aromatic heterocycles. The van der Waals surface area contributed by atoms with Gasteiger partial charge < -0.3 is 34.3 Å². The van der Waals surface area contributed by atoms with Crippen LogP contribution >= 0.6 is 31.9 Å². The highest BCUT2D eigenvalue weighted by molar-refractivity contribution is 9.10. The second-order valence-electron chi connectivity index (χ2n) is 11.3. The van der Waals surface area contributed by atoms with E-state index >= 15 is 0 Å². The molecule has 7 nitrogen and oxygen atoms in total. The van der Waals surface area contributed by atoms with Gasteiger partial charge in [0.15, 0.2) is 0 Å². The molecule has 52 heavy (non-hydrogen) atoms. The molecule has 0 bridgehead atoms. The number of hydrogen-bond acceptors (Lipinski definition) is 7. The molecule has 1 heterocycles. The van der Waals surface area contributed by atoms with Gasteiger partial charge in [-0.25, -0.2) is 13.2 Å². The maximum Gasteiger partial charge on any atom is 0.150 e. The molecule has 0 atom stereocenters. The van der Waals surface area contributed by atoms with Gasteiger partial charge in [-0.2, -0.15) is 0 Å². The molecule has 5 aromatic carbocycles. The van der Waals surface area contributed by atoms with Crippen molar-refractivity contribution in [2.45, 2.75) is 13.2 Å². The highest BCUT2D eigenvalue weighted by atomic mass is 79.9. The third kappa shape index (κ3) is 14.9. The summed E-state index contributed by atoms with van der Waals surface area (Å²) in [4.78, 5) is 2.05. The second kappa shape index (κ2) is 22.8. The summed E-state index contributed by atoms with van der Waals surface area (Å²) in [6, 6.07) is 33.6. The number of anilines is 1. The van der Waals surface area contributed by atoms with Crippen molar-refractivity contribution in [1.82, 2.24) is 5.32 Å². The number of rotatable bonds is 13. The van der Waals surface area contributed by atoms with Crippen molar-refractivity contribution in [3.8, 4) is 17.2 Å². The van der Waals surface area contributed by atoms with Crippen LogP contribution in [0.2, 0.25) is 0 Å². The SMILES string of the molecule is Fc1cc(OCCOCc2ccccc2)ccc1Br.Fc1cc(OCCOCc2ccccc2)ccc1N1CCNCC1.Oc1ccc(Br)c(F)c1. The number of nitrogens with one attached hydrogen (secondary N) is 1. The van der Waals surface area contributed by atoms with E-state index in [1.165, 1.54) is 24.3 Å². The maximum atomic E-state index is 14.3. The van der Waals surface area contributed by atoms with Crippen LogP contribution in [0.4, 0.5) is 18.9 Å². The lowest BCUT2D eigenvalue weighted by Crippen LogP contribution is -2.43. The number of aromatic hydroxyl groups is 1. The summed E-state index contributed by atoms with van der Waals surface area (Å²) in [5.41, 5.74) is 2.89. The van der Waals surface area contributed by atoms with Gasteiger partial charge >= 0.3 is 0 Å². The Bertz CT molecular complexity index is 1770. The predicted octanol–water partition coefficient (Wildman–Crippen LogP) is 9.31. The van der Waals surface area contributed by atoms with Crippen LogP contribution in [0.1, 0.15) is 11.1 Å². The average molecular weight is 847 g/mol. The fourth-order valence-electron chi connectivity index (χ4n) is 4.76. The molecule has 6 rings (SSSR count). The first-order chi connectivity index (χ1) is 25.3. The van der Waals surface area contributed by atoms with Gasteiger partial charge in [0.1, 0.15) is 47.9 Å². The Labute approximate surface area is 319 Å². The van der Waals surface area contributed by atoms with Gasteiger partial charge in [-0.3, -0.25) is 0 Å². The van der Waals surface area contributed by atoms with E-state index in [0.29, 0.717) is 65.8 Å². The van der Waals surface area contributed by atoms with E-state index in [2.05, 4.69) is 42.1 Å². The third-order valence-electron chi connectivity index (χ3n) is 7.39. The van der Waals surface area contributed by atoms with Crippen LogP contribution in [0.25, 0.3) is 0 Å². The van der Waals surface area contributed by atoms with Crippen LogP contribution in [0, 0.1) is 17.5 Å². The molecule has 5 aromatic rings. The number of phenolic OH excluding ortho intramolecular Hbond substituents is 1. The molecule has 0 amide bonds. The molecule has 1 saturated heterocycles. The zero-order valence-electron chi connectivity index (χ0n) is 28.5. The van der Waals surface area contributed by atoms with Crippen molar-refractivity contribution in [2.24, 2.45) is 0 Å². The molecule has 0 radical (unpaired) electrons. The summed E-state index contributed by atoms with van der Waals surface area (Å²) in [7, 11) is 0. The minimum absolute atomic E-state index is 0.0595. The Morgan fingerprint density at radius 2 is 1.06 bits per heavy atom. The number of piperazine rings is 1. The van der Waals surface area contributed by atoms with E-state index in [9.17, 15) is 13.2 Å². The molecule has 1 fully saturated rings. The Hall–Kier alpha value is -4.07. The Morgan fingerprint density at radius 1 is 0.577 bits per heavy atom. The predicted molar refractivity (Wildman–Crippen MR) is 205 cm³/mol. The summed E-state index contributed by atoms with van der Waals surface area (Å²) in [5, 5.41) is 11.9. The molecule has 0 aliphatic carbocycles. The van der Waals surface area contributed by atoms with Gasteiger partial charge in [0, 0.05) is 44.4 Å². The smallest absolute Gasteiger partial charge is 0.150 e. The van der Waals surface area contributed by atoms with E-state index in [1.54, 1.807) is 18.2 Å². The molecule has 0 spiro atoms. The number of nitrogens with zero attached hydrogens (tertiary/aromatic N) is 1. The zero-order valence-corrected chi connectivity index (χ0v) is 31.6. The zero-order chi connectivity index (χ0) is 37.0. The van der Waals surface area contributed by atoms with E-state index < -0.39 is 5.82 Å². The van der Waals surface area contributed by atoms with Gasteiger partial charge in [0.2, 0.25) is 0 Å². The van der Waals surface area contributed by atoms with E-state index in [-0.39, 0.29) is 17.4 Å². The van der Waals surface area contributed by atoms with Crippen LogP contribution < -0.4 is 19.7 Å². The van der Waals surface area contributed by atoms with E-state index in [4.69, 9.17) is 24.1 Å². The van der Waals surface area contributed by atoms with Gasteiger partial charge in [0.05, 0.1) is 41.1 Å². The van der Waals surface area contributed by atoms with Crippen molar-refractivity contribution in [3.05, 3.63) is 153 Å². The van der Waals surface area contributed by atoms with Crippen LogP contribution in [0.5, 0.6) is 17.2 Å². The lowest BCUT2D eigenvalue weighted by atomic mass is 10.2. The minimum Gasteiger partial charge on any atom is -0.508 e. The highest BCUT2D eigenvalue weighted by Crippen LogP contribution is 2.25. The first kappa shape index (κ1) is 40.7. The summed E-state index contributed by atoms with van der Waals surface area (Å²) < 4.78 is 62.6. The molecule has 2 N–H and O–H groups in total. The van der Waals surface area contributed by atoms with Crippen molar-refractivity contribution in [2.75, 3.05) is 57.5 Å². The van der Waals surface area contributed by atoms with Gasteiger partial charge in [0.25, 0.3) is 0 Å².